The second-order valence-corrected chi connectivity index (χ2v) is 3.99. The van der Waals surface area contributed by atoms with E-state index in [4.69, 9.17) is 0 Å². The van der Waals surface area contributed by atoms with Gasteiger partial charge in [-0.1, -0.05) is 6.92 Å². The van der Waals surface area contributed by atoms with Crippen LogP contribution in [0.2, 0.25) is 0 Å². The molecule has 0 saturated carbocycles. The average molecular weight is 206 g/mol. The quantitative estimate of drug-likeness (QED) is 0.786. The van der Waals surface area contributed by atoms with E-state index in [9.17, 15) is 0 Å². The van der Waals surface area contributed by atoms with Gasteiger partial charge in [0.05, 0.1) is 5.69 Å². The van der Waals surface area contributed by atoms with Crippen molar-refractivity contribution in [1.82, 2.24) is 20.4 Å². The first kappa shape index (κ1) is 10.5. The first-order valence-electron chi connectivity index (χ1n) is 5.61. The first-order valence-corrected chi connectivity index (χ1v) is 5.61. The summed E-state index contributed by atoms with van der Waals surface area (Å²) < 4.78 is 0. The van der Waals surface area contributed by atoms with Crippen LogP contribution < -0.4 is 5.32 Å². The van der Waals surface area contributed by atoms with E-state index in [0.29, 0.717) is 6.04 Å². The fourth-order valence-electron chi connectivity index (χ4n) is 2.08. The van der Waals surface area contributed by atoms with Crippen molar-refractivity contribution in [3.8, 4) is 0 Å². The number of aromatic nitrogens is 2. The van der Waals surface area contributed by atoms with E-state index >= 15 is 0 Å². The highest BCUT2D eigenvalue weighted by molar-refractivity contribution is 4.99. The molecule has 0 aliphatic carbocycles. The largest absolute Gasteiger partial charge is 0.313 e. The van der Waals surface area contributed by atoms with Gasteiger partial charge in [0.2, 0.25) is 0 Å². The monoisotopic (exact) mass is 206 g/mol. The second kappa shape index (κ2) is 5.19. The first-order chi connectivity index (χ1) is 7.38. The summed E-state index contributed by atoms with van der Waals surface area (Å²) in [6.45, 7) is 6.43. The van der Waals surface area contributed by atoms with Crippen molar-refractivity contribution in [1.29, 1.82) is 0 Å². The van der Waals surface area contributed by atoms with Gasteiger partial charge in [0.15, 0.2) is 0 Å². The number of hydrogen-bond acceptors (Lipinski definition) is 4. The highest BCUT2D eigenvalue weighted by Gasteiger charge is 2.21. The van der Waals surface area contributed by atoms with Crippen molar-refractivity contribution in [2.45, 2.75) is 25.9 Å². The summed E-state index contributed by atoms with van der Waals surface area (Å²) in [5.74, 6) is 0. The molecule has 0 bridgehead atoms. The summed E-state index contributed by atoms with van der Waals surface area (Å²) in [6.07, 6.45) is 2.96. The highest BCUT2D eigenvalue weighted by Crippen LogP contribution is 2.11. The Morgan fingerprint density at radius 2 is 2.53 bits per heavy atom. The predicted octanol–water partition coefficient (Wildman–Crippen LogP) is 0.660. The van der Waals surface area contributed by atoms with E-state index < -0.39 is 0 Å². The molecule has 0 radical (unpaired) electrons. The van der Waals surface area contributed by atoms with E-state index in [1.807, 2.05) is 12.1 Å². The van der Waals surface area contributed by atoms with E-state index in [1.165, 1.54) is 6.42 Å². The Morgan fingerprint density at radius 3 is 3.27 bits per heavy atom. The van der Waals surface area contributed by atoms with E-state index in [0.717, 1.165) is 31.9 Å². The van der Waals surface area contributed by atoms with E-state index in [2.05, 4.69) is 27.3 Å². The maximum Gasteiger partial charge on any atom is 0.0771 e. The molecule has 1 aromatic rings. The van der Waals surface area contributed by atoms with Crippen molar-refractivity contribution < 1.29 is 0 Å². The van der Waals surface area contributed by atoms with Crippen LogP contribution in [0.3, 0.4) is 0 Å². The maximum atomic E-state index is 4.10. The van der Waals surface area contributed by atoms with Gasteiger partial charge in [0, 0.05) is 31.9 Å². The van der Waals surface area contributed by atoms with Crippen molar-refractivity contribution in [2.75, 3.05) is 19.6 Å². The Kier molecular flexibility index (Phi) is 3.64. The Bertz CT molecular complexity index is 288. The minimum atomic E-state index is 0.659. The smallest absolute Gasteiger partial charge is 0.0771 e. The Hall–Kier alpha value is -1.00. The summed E-state index contributed by atoms with van der Waals surface area (Å²) in [5.41, 5.74) is 1.06. The van der Waals surface area contributed by atoms with Gasteiger partial charge in [-0.15, -0.1) is 0 Å². The summed E-state index contributed by atoms with van der Waals surface area (Å²) in [6, 6.07) is 4.64. The number of likely N-dealkylation sites (tertiary alicyclic amines) is 1. The van der Waals surface area contributed by atoms with Crippen LogP contribution in [0.4, 0.5) is 0 Å². The molecule has 15 heavy (non-hydrogen) atoms. The average Bonchev–Trinajstić information content (AvgIpc) is 2.68. The van der Waals surface area contributed by atoms with Gasteiger partial charge in [-0.3, -0.25) is 4.90 Å². The Labute approximate surface area is 90.7 Å². The molecule has 1 aromatic heterocycles. The molecular weight excluding hydrogens is 188 g/mol. The van der Waals surface area contributed by atoms with Gasteiger partial charge in [0.25, 0.3) is 0 Å². The molecule has 1 aliphatic rings. The molecular formula is C11H18N4. The van der Waals surface area contributed by atoms with Crippen LogP contribution in [-0.4, -0.2) is 40.8 Å². The van der Waals surface area contributed by atoms with Crippen LogP contribution in [0.5, 0.6) is 0 Å². The standard InChI is InChI=1S/C11H18N4/c1-2-12-10-5-7-15(8-10)9-11-4-3-6-13-14-11/h3-4,6,10,12H,2,5,7-9H2,1H3. The van der Waals surface area contributed by atoms with Crippen LogP contribution in [0, 0.1) is 0 Å². The fourth-order valence-corrected chi connectivity index (χ4v) is 2.08. The number of likely N-dealkylation sites (N-methyl/N-ethyl adjacent to an activating group) is 1. The van der Waals surface area contributed by atoms with Crippen LogP contribution in [0.25, 0.3) is 0 Å². The van der Waals surface area contributed by atoms with Gasteiger partial charge in [-0.05, 0) is 25.1 Å². The fraction of sp³-hybridized carbons (Fsp3) is 0.636. The second-order valence-electron chi connectivity index (χ2n) is 3.99. The predicted molar refractivity (Wildman–Crippen MR) is 59.4 cm³/mol. The van der Waals surface area contributed by atoms with Crippen LogP contribution in [0.15, 0.2) is 18.3 Å². The van der Waals surface area contributed by atoms with Gasteiger partial charge >= 0.3 is 0 Å². The van der Waals surface area contributed by atoms with Crippen molar-refractivity contribution in [2.24, 2.45) is 0 Å². The lowest BCUT2D eigenvalue weighted by molar-refractivity contribution is 0.315. The lowest BCUT2D eigenvalue weighted by Crippen LogP contribution is -2.32. The summed E-state index contributed by atoms with van der Waals surface area (Å²) in [5, 5.41) is 11.5. The van der Waals surface area contributed by atoms with Crippen LogP contribution >= 0.6 is 0 Å². The van der Waals surface area contributed by atoms with Gasteiger partial charge in [-0.25, -0.2) is 0 Å². The highest BCUT2D eigenvalue weighted by atomic mass is 15.2. The zero-order valence-corrected chi connectivity index (χ0v) is 9.19. The molecule has 2 heterocycles. The minimum absolute atomic E-state index is 0.659. The molecule has 1 fully saturated rings. The lowest BCUT2D eigenvalue weighted by Gasteiger charge is -2.15. The third-order valence-electron chi connectivity index (χ3n) is 2.78. The molecule has 82 valence electrons. The van der Waals surface area contributed by atoms with Gasteiger partial charge in [0.1, 0.15) is 0 Å². The molecule has 1 aliphatic heterocycles. The lowest BCUT2D eigenvalue weighted by atomic mass is 10.3. The van der Waals surface area contributed by atoms with Crippen molar-refractivity contribution in [3.05, 3.63) is 24.0 Å². The molecule has 2 rings (SSSR count). The summed E-state index contributed by atoms with van der Waals surface area (Å²) in [4.78, 5) is 2.43. The van der Waals surface area contributed by atoms with E-state index in [1.54, 1.807) is 6.20 Å². The third-order valence-corrected chi connectivity index (χ3v) is 2.78. The number of rotatable bonds is 4. The number of nitrogens with zero attached hydrogens (tertiary/aromatic N) is 3. The normalized spacial score (nSPS) is 22.1. The molecule has 0 aromatic carbocycles. The SMILES string of the molecule is CCNC1CCN(Cc2cccnn2)C1. The van der Waals surface area contributed by atoms with E-state index in [-0.39, 0.29) is 0 Å². The Morgan fingerprint density at radius 1 is 1.60 bits per heavy atom. The van der Waals surface area contributed by atoms with Crippen LogP contribution in [-0.2, 0) is 6.54 Å². The molecule has 1 atom stereocenters. The summed E-state index contributed by atoms with van der Waals surface area (Å²) in [7, 11) is 0. The van der Waals surface area contributed by atoms with Crippen molar-refractivity contribution in [3.63, 3.8) is 0 Å². The third kappa shape index (κ3) is 2.97. The van der Waals surface area contributed by atoms with Crippen molar-refractivity contribution >= 4 is 0 Å². The van der Waals surface area contributed by atoms with Crippen LogP contribution in [0.1, 0.15) is 19.0 Å². The van der Waals surface area contributed by atoms with Gasteiger partial charge in [-0.2, -0.15) is 10.2 Å². The zero-order chi connectivity index (χ0) is 10.5. The molecule has 0 amide bonds. The molecule has 1 unspecified atom stereocenters. The number of nitrogens with one attached hydrogen (secondary N) is 1. The zero-order valence-electron chi connectivity index (χ0n) is 9.19. The molecule has 4 heteroatoms. The molecule has 1 N–H and O–H groups in total. The Balaban J connectivity index is 1.82. The number of hydrogen-bond donors (Lipinski definition) is 1. The minimum Gasteiger partial charge on any atom is -0.313 e. The molecule has 4 nitrogen and oxygen atoms in total. The molecule has 1 saturated heterocycles. The van der Waals surface area contributed by atoms with Gasteiger partial charge < -0.3 is 5.32 Å². The maximum absolute atomic E-state index is 4.10. The topological polar surface area (TPSA) is 41.0 Å². The molecule has 0 spiro atoms. The summed E-state index contributed by atoms with van der Waals surface area (Å²) >= 11 is 0.